The molecule has 400 valence electrons. The summed E-state index contributed by atoms with van der Waals surface area (Å²) in [6.45, 7) is 14.5. The molecule has 3 aromatic heterocycles. The highest BCUT2D eigenvalue weighted by Gasteiger charge is 2.46. The Bertz CT molecular complexity index is 3030. The van der Waals surface area contributed by atoms with Crippen molar-refractivity contribution < 1.29 is 32.3 Å². The number of hydrogen-bond acceptors (Lipinski definition) is 16. The van der Waals surface area contributed by atoms with Gasteiger partial charge in [0.05, 0.1) is 47.9 Å². The number of nitrogens with zero attached hydrogens (tertiary/aromatic N) is 9. The van der Waals surface area contributed by atoms with E-state index in [-0.39, 0.29) is 53.4 Å². The van der Waals surface area contributed by atoms with Gasteiger partial charge >= 0.3 is 0 Å². The van der Waals surface area contributed by atoms with Crippen molar-refractivity contribution >= 4 is 61.8 Å². The minimum atomic E-state index is -3.85. The number of amides is 4. The van der Waals surface area contributed by atoms with Crippen LogP contribution < -0.4 is 30.9 Å². The Morgan fingerprint density at radius 3 is 2.41 bits per heavy atom. The molecule has 5 atom stereocenters. The normalized spacial score (nSPS) is 20.9. The molecule has 1 unspecified atom stereocenters. The molecule has 22 heteroatoms. The maximum atomic E-state index is 14.6. The minimum Gasteiger partial charge on any atom is -0.492 e. The lowest BCUT2D eigenvalue weighted by Gasteiger charge is -2.39. The molecular formula is C53H70N14O7S. The molecule has 6 heterocycles. The molecule has 21 nitrogen and oxygen atoms in total. The highest BCUT2D eigenvalue weighted by atomic mass is 32.2. The predicted molar refractivity (Wildman–Crippen MR) is 284 cm³/mol. The van der Waals surface area contributed by atoms with Crippen molar-refractivity contribution in [1.29, 1.82) is 0 Å². The molecule has 4 aliphatic rings. The van der Waals surface area contributed by atoms with E-state index in [2.05, 4.69) is 73.3 Å². The van der Waals surface area contributed by atoms with Gasteiger partial charge in [0.15, 0.2) is 15.7 Å². The van der Waals surface area contributed by atoms with Crippen molar-refractivity contribution in [3.05, 3.63) is 83.2 Å². The second kappa shape index (κ2) is 22.2. The van der Waals surface area contributed by atoms with Crippen LogP contribution >= 0.6 is 0 Å². The summed E-state index contributed by atoms with van der Waals surface area (Å²) < 4.78 is 33.1. The number of aromatic amines is 1. The lowest BCUT2D eigenvalue weighted by atomic mass is 9.87. The minimum absolute atomic E-state index is 0.0694. The molecular weight excluding hydrogens is 977 g/mol. The molecule has 0 saturated carbocycles. The third-order valence-corrected chi connectivity index (χ3v) is 17.8. The Hall–Kier alpha value is -6.78. The van der Waals surface area contributed by atoms with Gasteiger partial charge in [0.1, 0.15) is 46.4 Å². The van der Waals surface area contributed by atoms with E-state index >= 15 is 0 Å². The second-order valence-electron chi connectivity index (χ2n) is 21.1. The van der Waals surface area contributed by atoms with Crippen LogP contribution in [0.25, 0.3) is 10.9 Å². The molecule has 3 fully saturated rings. The van der Waals surface area contributed by atoms with Crippen LogP contribution in [0, 0.1) is 13.8 Å². The molecule has 75 heavy (non-hydrogen) atoms. The highest BCUT2D eigenvalue weighted by molar-refractivity contribution is 7.92. The molecule has 5 aromatic rings. The van der Waals surface area contributed by atoms with Gasteiger partial charge in [-0.2, -0.15) is 5.10 Å². The molecule has 3 aliphatic heterocycles. The summed E-state index contributed by atoms with van der Waals surface area (Å²) in [5.74, 6) is 0.515. The zero-order chi connectivity index (χ0) is 53.2. The second-order valence-corrected chi connectivity index (χ2v) is 23.8. The van der Waals surface area contributed by atoms with Gasteiger partial charge in [-0.05, 0) is 111 Å². The Balaban J connectivity index is 0.803. The molecule has 0 spiro atoms. The summed E-state index contributed by atoms with van der Waals surface area (Å²) in [6, 6.07) is 8.60. The maximum absolute atomic E-state index is 14.6. The number of anilines is 3. The van der Waals surface area contributed by atoms with Crippen LogP contribution in [-0.2, 0) is 30.6 Å². The molecule has 5 N–H and O–H groups in total. The smallest absolute Gasteiger partial charge is 0.274 e. The first kappa shape index (κ1) is 53.1. The summed E-state index contributed by atoms with van der Waals surface area (Å²) in [4.78, 5) is 82.0. The maximum Gasteiger partial charge on any atom is 0.274 e. The fraction of sp³-hybridized carbons (Fsp3) is 0.528. The van der Waals surface area contributed by atoms with E-state index in [1.807, 2.05) is 26.0 Å². The zero-order valence-corrected chi connectivity index (χ0v) is 44.8. The van der Waals surface area contributed by atoms with Crippen LogP contribution in [0.1, 0.15) is 105 Å². The number of sulfone groups is 1. The first-order valence-corrected chi connectivity index (χ1v) is 27.6. The highest BCUT2D eigenvalue weighted by Crippen LogP contribution is 2.38. The van der Waals surface area contributed by atoms with Crippen molar-refractivity contribution in [3.8, 4) is 5.75 Å². The molecule has 9 rings (SSSR count). The largest absolute Gasteiger partial charge is 0.492 e. The van der Waals surface area contributed by atoms with E-state index in [0.29, 0.717) is 73.7 Å². The number of carbonyl (C=O) groups is 4. The lowest BCUT2D eigenvalue weighted by molar-refractivity contribution is -0.145. The Labute approximate surface area is 438 Å². The summed E-state index contributed by atoms with van der Waals surface area (Å²) >= 11 is 0. The van der Waals surface area contributed by atoms with Crippen LogP contribution in [0.5, 0.6) is 5.75 Å². The van der Waals surface area contributed by atoms with Crippen molar-refractivity contribution in [2.24, 2.45) is 0 Å². The van der Waals surface area contributed by atoms with Gasteiger partial charge in [-0.25, -0.2) is 28.4 Å². The van der Waals surface area contributed by atoms with E-state index in [4.69, 9.17) is 4.74 Å². The van der Waals surface area contributed by atoms with E-state index in [1.54, 1.807) is 62.9 Å². The molecule has 3 saturated heterocycles. The SMILES string of the molecule is CNC(C)C(=O)N[C@H]1CN(C(=O)c2cnc(N3CCN(CCCOc4cc5ncnc(Nc6n[nH]c(C)c6C)c5cc4S(=O)(=O)C(C)(C)C)CC3)cn2)CC[C@H]2CC[C@@H](C(=O)N[C@@H]3CCCc4ccccc43)N2C1=O. The lowest BCUT2D eigenvalue weighted by Crippen LogP contribution is -2.62. The van der Waals surface area contributed by atoms with Gasteiger partial charge in [-0.3, -0.25) is 29.2 Å². The third-order valence-electron chi connectivity index (χ3n) is 15.3. The Kier molecular flexibility index (Phi) is 15.7. The fourth-order valence-corrected chi connectivity index (χ4v) is 11.8. The van der Waals surface area contributed by atoms with Crippen LogP contribution in [0.15, 0.2) is 60.0 Å². The predicted octanol–water partition coefficient (Wildman–Crippen LogP) is 4.16. The van der Waals surface area contributed by atoms with Gasteiger partial charge < -0.3 is 40.7 Å². The number of aromatic nitrogens is 6. The monoisotopic (exact) mass is 1050 g/mol. The van der Waals surface area contributed by atoms with E-state index in [0.717, 1.165) is 55.7 Å². The van der Waals surface area contributed by atoms with Gasteiger partial charge in [0.2, 0.25) is 17.7 Å². The van der Waals surface area contributed by atoms with Gasteiger partial charge in [0.25, 0.3) is 5.91 Å². The molecule has 0 bridgehead atoms. The first-order chi connectivity index (χ1) is 35.9. The Morgan fingerprint density at radius 1 is 0.907 bits per heavy atom. The van der Waals surface area contributed by atoms with Gasteiger partial charge in [-0.15, -0.1) is 0 Å². The number of carbonyl (C=O) groups excluding carboxylic acids is 4. The van der Waals surface area contributed by atoms with Crippen LogP contribution in [-0.4, -0.2) is 165 Å². The number of fused-ring (bicyclic) bond motifs is 3. The number of ether oxygens (including phenoxy) is 1. The standard InChI is InChI=1S/C53H70N14O7S/c1-32-33(2)62-63-47(32)61-48-38-26-45(75(72,73)53(4,5)6)44(27-40(38)57-31-58-48)74-25-11-19-64-21-23-65(24-22-64)46-29-55-41(28-56-46)51(70)66-20-18-36-16-17-43(67(36)52(71)42(30-66)60-49(68)34(3)54-7)50(69)59-39-15-10-13-35-12-8-9-14-37(35)39/h8-9,12,14,26-29,31,34,36,39,42-43,54H,10-11,13,15-25,30H2,1-7H3,(H,59,69)(H,60,68)(H2,57,58,61,62,63)/t34?,36-,39-,42+,43+/m1/s1. The number of hydrogen-bond donors (Lipinski definition) is 5. The number of benzene rings is 2. The van der Waals surface area contributed by atoms with E-state index < -0.39 is 44.5 Å². The van der Waals surface area contributed by atoms with Crippen molar-refractivity contribution in [2.45, 2.75) is 126 Å². The number of H-pyrrole nitrogens is 1. The number of piperazine rings is 1. The first-order valence-electron chi connectivity index (χ1n) is 26.1. The molecule has 4 amide bonds. The van der Waals surface area contributed by atoms with Crippen molar-refractivity contribution in [2.75, 3.05) is 69.7 Å². The summed E-state index contributed by atoms with van der Waals surface area (Å²) in [7, 11) is -2.19. The topological polar surface area (TPSA) is 253 Å². The van der Waals surface area contributed by atoms with Gasteiger partial charge in [-0.1, -0.05) is 24.3 Å². The summed E-state index contributed by atoms with van der Waals surface area (Å²) in [5.41, 5.74) is 4.82. The number of nitrogens with one attached hydrogen (secondary N) is 5. The third kappa shape index (κ3) is 11.3. The van der Waals surface area contributed by atoms with Crippen LogP contribution in [0.4, 0.5) is 17.5 Å². The van der Waals surface area contributed by atoms with Crippen LogP contribution in [0.3, 0.4) is 0 Å². The van der Waals surface area contributed by atoms with Crippen LogP contribution in [0.2, 0.25) is 0 Å². The number of rotatable bonds is 15. The summed E-state index contributed by atoms with van der Waals surface area (Å²) in [5, 5.41) is 20.1. The average Bonchev–Trinajstić information content (AvgIpc) is 3.98. The Morgan fingerprint density at radius 2 is 1.69 bits per heavy atom. The van der Waals surface area contributed by atoms with E-state index in [9.17, 15) is 27.6 Å². The van der Waals surface area contributed by atoms with E-state index in [1.165, 1.54) is 18.1 Å². The average molecular weight is 1050 g/mol. The fourth-order valence-electron chi connectivity index (χ4n) is 10.5. The van der Waals surface area contributed by atoms with Gasteiger partial charge in [0, 0.05) is 68.0 Å². The molecule has 2 aromatic carbocycles. The summed E-state index contributed by atoms with van der Waals surface area (Å²) in [6.07, 6.45) is 9.42. The number of likely N-dealkylation sites (N-methyl/N-ethyl adjacent to an activating group) is 1. The van der Waals surface area contributed by atoms with Crippen molar-refractivity contribution in [3.63, 3.8) is 0 Å². The molecule has 0 radical (unpaired) electrons. The zero-order valence-electron chi connectivity index (χ0n) is 44.0. The number of aryl methyl sites for hydroxylation is 2. The quantitative estimate of drug-likeness (QED) is 0.0924. The van der Waals surface area contributed by atoms with Crippen molar-refractivity contribution in [1.82, 2.24) is 60.8 Å². The molecule has 1 aliphatic carbocycles.